The lowest BCUT2D eigenvalue weighted by Crippen LogP contribution is -2.39. The first-order valence-electron chi connectivity index (χ1n) is 9.18. The van der Waals surface area contributed by atoms with Crippen molar-refractivity contribution in [3.8, 4) is 5.75 Å². The summed E-state index contributed by atoms with van der Waals surface area (Å²) in [5.74, 6) is -0.652. The number of nitrogens with zero attached hydrogens (tertiary/aromatic N) is 3. The molecule has 0 spiro atoms. The monoisotopic (exact) mass is 395 g/mol. The highest BCUT2D eigenvalue weighted by molar-refractivity contribution is 6.21. The zero-order valence-electron chi connectivity index (χ0n) is 16.0. The summed E-state index contributed by atoms with van der Waals surface area (Å²) >= 11 is 0. The Morgan fingerprint density at radius 1 is 1.21 bits per heavy atom. The molecule has 0 bridgehead atoms. The number of hydrogen-bond acceptors (Lipinski definition) is 8. The van der Waals surface area contributed by atoms with Gasteiger partial charge in [-0.1, -0.05) is 13.8 Å². The van der Waals surface area contributed by atoms with Gasteiger partial charge in [0.15, 0.2) is 0 Å². The van der Waals surface area contributed by atoms with Crippen molar-refractivity contribution in [2.45, 2.75) is 26.4 Å². The second kappa shape index (κ2) is 10.00. The Balaban J connectivity index is 1.94. The van der Waals surface area contributed by atoms with Crippen LogP contribution in [-0.4, -0.2) is 77.3 Å². The van der Waals surface area contributed by atoms with Crippen molar-refractivity contribution in [3.05, 3.63) is 39.4 Å². The number of hydrogen-bond donors (Lipinski definition) is 1. The normalized spacial score (nSPS) is 14.4. The largest absolute Gasteiger partial charge is 0.494 e. The maximum atomic E-state index is 12.5. The van der Waals surface area contributed by atoms with Gasteiger partial charge in [0, 0.05) is 6.54 Å². The van der Waals surface area contributed by atoms with Crippen LogP contribution in [0.15, 0.2) is 18.2 Å². The van der Waals surface area contributed by atoms with Gasteiger partial charge in [0.2, 0.25) is 0 Å². The molecule has 0 aliphatic carbocycles. The molecule has 1 unspecified atom stereocenters. The number of fused-ring (bicyclic) bond motifs is 1. The van der Waals surface area contributed by atoms with Crippen molar-refractivity contribution in [2.24, 2.45) is 0 Å². The van der Waals surface area contributed by atoms with Gasteiger partial charge in [0.1, 0.15) is 12.4 Å². The molecule has 1 aromatic carbocycles. The van der Waals surface area contributed by atoms with Crippen LogP contribution < -0.4 is 4.74 Å². The summed E-state index contributed by atoms with van der Waals surface area (Å²) in [7, 11) is 0. The average molecular weight is 395 g/mol. The molecule has 0 fully saturated rings. The third-order valence-corrected chi connectivity index (χ3v) is 4.49. The van der Waals surface area contributed by atoms with E-state index in [0.29, 0.717) is 12.4 Å². The molecule has 2 amide bonds. The number of aliphatic hydroxyl groups is 1. The Labute approximate surface area is 162 Å². The van der Waals surface area contributed by atoms with Crippen LogP contribution in [0.25, 0.3) is 0 Å². The topological polar surface area (TPSA) is 122 Å². The Kier molecular flexibility index (Phi) is 7.70. The van der Waals surface area contributed by atoms with E-state index in [9.17, 15) is 24.8 Å². The van der Waals surface area contributed by atoms with Gasteiger partial charge in [0.25, 0.3) is 16.9 Å². The number of benzene rings is 1. The molecule has 1 aliphatic rings. The second-order valence-electron chi connectivity index (χ2n) is 6.33. The molecule has 28 heavy (non-hydrogen) atoms. The first kappa shape index (κ1) is 21.6. The minimum atomic E-state index is -1.36. The summed E-state index contributed by atoms with van der Waals surface area (Å²) < 4.78 is 5.68. The number of rotatable bonds is 12. The fraction of sp³-hybridized carbons (Fsp3) is 0.556. The van der Waals surface area contributed by atoms with E-state index in [4.69, 9.17) is 4.74 Å². The highest BCUT2D eigenvalue weighted by Gasteiger charge is 2.37. The maximum absolute atomic E-state index is 12.5. The molecule has 1 N–H and O–H groups in total. The molecular weight excluding hydrogens is 370 g/mol. The molecule has 154 valence electrons. The van der Waals surface area contributed by atoms with Gasteiger partial charge in [-0.25, -0.2) is 0 Å². The minimum absolute atomic E-state index is 0.189. The average Bonchev–Trinajstić information content (AvgIpc) is 2.91. The molecule has 2 rings (SSSR count). The van der Waals surface area contributed by atoms with E-state index in [1.54, 1.807) is 6.07 Å². The first-order chi connectivity index (χ1) is 13.4. The molecule has 1 heterocycles. The van der Waals surface area contributed by atoms with Gasteiger partial charge in [-0.3, -0.25) is 14.5 Å². The summed E-state index contributed by atoms with van der Waals surface area (Å²) in [6.45, 7) is 6.52. The quantitative estimate of drug-likeness (QED) is 0.240. The van der Waals surface area contributed by atoms with Crippen LogP contribution in [0.4, 0.5) is 0 Å². The third-order valence-electron chi connectivity index (χ3n) is 4.49. The molecular formula is C18H25N3O7. The van der Waals surface area contributed by atoms with Crippen LogP contribution in [0.5, 0.6) is 5.75 Å². The number of aliphatic hydroxyl groups excluding tert-OH is 1. The van der Waals surface area contributed by atoms with E-state index in [2.05, 4.69) is 23.6 Å². The summed E-state index contributed by atoms with van der Waals surface area (Å²) in [5, 5.41) is 18.9. The van der Waals surface area contributed by atoms with Crippen LogP contribution in [0.1, 0.15) is 41.0 Å². The third kappa shape index (κ3) is 5.40. The number of carbonyl (C=O) groups excluding carboxylic acids is 2. The van der Waals surface area contributed by atoms with Crippen LogP contribution in [0.3, 0.4) is 0 Å². The Bertz CT molecular complexity index is 721. The highest BCUT2D eigenvalue weighted by Crippen LogP contribution is 2.27. The fourth-order valence-corrected chi connectivity index (χ4v) is 2.95. The standard InChI is InChI=1S/C18H25N3O7/c1-3-19(4-2)8-5-9-27-14-6-7-15-16(10-14)18(24)20(17(15)23)11-13(22)12-28-21(25)26/h6-7,10,13,22H,3-5,8-9,11-12H2,1-2H3. The van der Waals surface area contributed by atoms with E-state index in [1.807, 2.05) is 0 Å². The van der Waals surface area contributed by atoms with E-state index >= 15 is 0 Å². The highest BCUT2D eigenvalue weighted by atomic mass is 17.0. The predicted octanol–water partition coefficient (Wildman–Crippen LogP) is 0.963. The SMILES string of the molecule is CCN(CC)CCCOc1ccc2c(c1)C(=O)N(CC(O)CO[N+](=O)[O-])C2=O. The molecule has 0 radical (unpaired) electrons. The Morgan fingerprint density at radius 2 is 1.89 bits per heavy atom. The zero-order valence-corrected chi connectivity index (χ0v) is 16.0. The van der Waals surface area contributed by atoms with Crippen molar-refractivity contribution >= 4 is 11.8 Å². The van der Waals surface area contributed by atoms with Crippen molar-refractivity contribution < 1.29 is 29.4 Å². The molecule has 0 saturated carbocycles. The van der Waals surface area contributed by atoms with E-state index in [-0.39, 0.29) is 17.7 Å². The van der Waals surface area contributed by atoms with E-state index < -0.39 is 29.6 Å². The van der Waals surface area contributed by atoms with Crippen molar-refractivity contribution in [1.29, 1.82) is 0 Å². The molecule has 10 heteroatoms. The van der Waals surface area contributed by atoms with Gasteiger partial charge < -0.3 is 19.6 Å². The number of imide groups is 1. The number of carbonyl (C=O) groups is 2. The van der Waals surface area contributed by atoms with Crippen LogP contribution in [-0.2, 0) is 4.84 Å². The lowest BCUT2D eigenvalue weighted by molar-refractivity contribution is -0.759. The molecule has 1 aromatic rings. The summed E-state index contributed by atoms with van der Waals surface area (Å²) in [5.41, 5.74) is 0.400. The molecule has 10 nitrogen and oxygen atoms in total. The number of β-amino-alcohol motifs (C(OH)–C–C–N with tert-alkyl or cyclic N) is 1. The lowest BCUT2D eigenvalue weighted by Gasteiger charge is -2.17. The molecule has 0 aromatic heterocycles. The predicted molar refractivity (Wildman–Crippen MR) is 98.7 cm³/mol. The van der Waals surface area contributed by atoms with E-state index in [0.717, 1.165) is 31.0 Å². The smallest absolute Gasteiger partial charge is 0.294 e. The van der Waals surface area contributed by atoms with Gasteiger partial charge in [-0.2, -0.15) is 0 Å². The van der Waals surface area contributed by atoms with Crippen molar-refractivity contribution in [2.75, 3.05) is 39.4 Å². The number of amides is 2. The molecule has 1 atom stereocenters. The Morgan fingerprint density at radius 3 is 2.54 bits per heavy atom. The summed E-state index contributed by atoms with van der Waals surface area (Å²) in [6, 6.07) is 4.64. The van der Waals surface area contributed by atoms with Crippen LogP contribution >= 0.6 is 0 Å². The van der Waals surface area contributed by atoms with Gasteiger partial charge in [0.05, 0.1) is 30.4 Å². The summed E-state index contributed by atoms with van der Waals surface area (Å²) in [4.78, 5) is 42.2. The molecule has 1 aliphatic heterocycles. The van der Waals surface area contributed by atoms with Gasteiger partial charge in [-0.15, -0.1) is 10.1 Å². The van der Waals surface area contributed by atoms with Gasteiger partial charge >= 0.3 is 0 Å². The zero-order chi connectivity index (χ0) is 20.7. The maximum Gasteiger partial charge on any atom is 0.294 e. The second-order valence-corrected chi connectivity index (χ2v) is 6.33. The van der Waals surface area contributed by atoms with Crippen LogP contribution in [0, 0.1) is 10.1 Å². The van der Waals surface area contributed by atoms with Crippen LogP contribution in [0.2, 0.25) is 0 Å². The first-order valence-corrected chi connectivity index (χ1v) is 9.18. The fourth-order valence-electron chi connectivity index (χ4n) is 2.95. The Hall–Kier alpha value is -2.72. The van der Waals surface area contributed by atoms with E-state index in [1.165, 1.54) is 12.1 Å². The van der Waals surface area contributed by atoms with Crippen molar-refractivity contribution in [1.82, 2.24) is 9.80 Å². The molecule has 0 saturated heterocycles. The lowest BCUT2D eigenvalue weighted by atomic mass is 10.1. The summed E-state index contributed by atoms with van der Waals surface area (Å²) in [6.07, 6.45) is -0.524. The van der Waals surface area contributed by atoms with Gasteiger partial charge in [-0.05, 0) is 37.7 Å². The van der Waals surface area contributed by atoms with Crippen molar-refractivity contribution in [3.63, 3.8) is 0 Å². The minimum Gasteiger partial charge on any atom is -0.494 e. The number of ether oxygens (including phenoxy) is 1.